The Morgan fingerprint density at radius 1 is 1.29 bits per heavy atom. The van der Waals surface area contributed by atoms with Crippen molar-refractivity contribution in [3.8, 4) is 0 Å². The summed E-state index contributed by atoms with van der Waals surface area (Å²) < 4.78 is 5.83. The predicted molar refractivity (Wildman–Crippen MR) is 92.5 cm³/mol. The molecule has 3 atom stereocenters. The van der Waals surface area contributed by atoms with Crippen molar-refractivity contribution in [1.29, 1.82) is 0 Å². The van der Waals surface area contributed by atoms with Crippen LogP contribution in [0, 0.1) is 17.8 Å². The number of allylic oxidation sites excluding steroid dienone is 1. The third kappa shape index (κ3) is 6.52. The second kappa shape index (κ2) is 10.4. The first-order chi connectivity index (χ1) is 10.0. The van der Waals surface area contributed by atoms with Crippen molar-refractivity contribution < 1.29 is 9.84 Å². The standard InChI is InChI=1S/C16H28O.C2H6.CH4O/c1-12(2)6-5-7-14(4)15-9-8-13(3)10-16(15)11-17-16;2*1-2/h7,12-13,15H,5-6,8-11H2,1-4H3;1-2H3;2H,1H3/b14-7+;;. The molecule has 1 saturated heterocycles. The fraction of sp³-hybridized carbons (Fsp3) is 0.895. The summed E-state index contributed by atoms with van der Waals surface area (Å²) in [6.45, 7) is 14.3. The summed E-state index contributed by atoms with van der Waals surface area (Å²) in [5.41, 5.74) is 1.85. The molecule has 21 heavy (non-hydrogen) atoms. The van der Waals surface area contributed by atoms with E-state index >= 15 is 0 Å². The molecule has 0 aromatic heterocycles. The van der Waals surface area contributed by atoms with E-state index in [1.54, 1.807) is 5.57 Å². The summed E-state index contributed by atoms with van der Waals surface area (Å²) >= 11 is 0. The molecule has 1 aliphatic heterocycles. The first-order valence-electron chi connectivity index (χ1n) is 8.79. The summed E-state index contributed by atoms with van der Waals surface area (Å²) in [5, 5.41) is 7.00. The van der Waals surface area contributed by atoms with Gasteiger partial charge in [-0.1, -0.05) is 46.3 Å². The highest BCUT2D eigenvalue weighted by Gasteiger charge is 2.54. The van der Waals surface area contributed by atoms with E-state index in [9.17, 15) is 0 Å². The molecule has 0 amide bonds. The maximum absolute atomic E-state index is 7.00. The van der Waals surface area contributed by atoms with Gasteiger partial charge in [-0.2, -0.15) is 0 Å². The molecule has 0 radical (unpaired) electrons. The van der Waals surface area contributed by atoms with Gasteiger partial charge in [0.2, 0.25) is 0 Å². The number of aliphatic hydroxyl groups is 1. The molecule has 1 spiro atoms. The average molecular weight is 299 g/mol. The van der Waals surface area contributed by atoms with Crippen molar-refractivity contribution in [3.63, 3.8) is 0 Å². The highest BCUT2D eigenvalue weighted by molar-refractivity contribution is 5.17. The molecule has 2 heteroatoms. The fourth-order valence-electron chi connectivity index (χ4n) is 3.39. The van der Waals surface area contributed by atoms with Crippen molar-refractivity contribution in [3.05, 3.63) is 11.6 Å². The number of epoxide rings is 1. The Bertz CT molecular complexity index is 290. The zero-order valence-corrected chi connectivity index (χ0v) is 15.4. The summed E-state index contributed by atoms with van der Waals surface area (Å²) in [6.07, 6.45) is 9.04. The van der Waals surface area contributed by atoms with E-state index < -0.39 is 0 Å². The molecule has 2 aliphatic rings. The van der Waals surface area contributed by atoms with Crippen LogP contribution in [0.2, 0.25) is 0 Å². The van der Waals surface area contributed by atoms with Gasteiger partial charge in [-0.25, -0.2) is 0 Å². The molecule has 0 aromatic carbocycles. The van der Waals surface area contributed by atoms with Crippen molar-refractivity contribution in [2.24, 2.45) is 17.8 Å². The van der Waals surface area contributed by atoms with Crippen LogP contribution in [-0.4, -0.2) is 24.4 Å². The summed E-state index contributed by atoms with van der Waals surface area (Å²) in [5.74, 6) is 2.39. The molecular formula is C19H38O2. The Hall–Kier alpha value is -0.340. The van der Waals surface area contributed by atoms with Crippen molar-refractivity contribution >= 4 is 0 Å². The highest BCUT2D eigenvalue weighted by atomic mass is 16.6. The van der Waals surface area contributed by atoms with Gasteiger partial charge >= 0.3 is 0 Å². The maximum Gasteiger partial charge on any atom is 0.0983 e. The van der Waals surface area contributed by atoms with Crippen LogP contribution < -0.4 is 0 Å². The topological polar surface area (TPSA) is 32.8 Å². The molecule has 1 saturated carbocycles. The van der Waals surface area contributed by atoms with Gasteiger partial charge < -0.3 is 9.84 Å². The number of hydrogen-bond acceptors (Lipinski definition) is 2. The minimum absolute atomic E-state index is 0.260. The molecule has 1 N–H and O–H groups in total. The van der Waals surface area contributed by atoms with Crippen LogP contribution in [0.25, 0.3) is 0 Å². The largest absolute Gasteiger partial charge is 0.400 e. The van der Waals surface area contributed by atoms with Gasteiger partial charge in [0, 0.05) is 13.0 Å². The summed E-state index contributed by atoms with van der Waals surface area (Å²) in [6, 6.07) is 0. The molecule has 1 aliphatic carbocycles. The molecule has 1 heterocycles. The van der Waals surface area contributed by atoms with Crippen LogP contribution >= 0.6 is 0 Å². The van der Waals surface area contributed by atoms with Gasteiger partial charge in [0.15, 0.2) is 0 Å². The predicted octanol–water partition coefficient (Wildman–Crippen LogP) is 5.21. The number of ether oxygens (including phenoxy) is 1. The smallest absolute Gasteiger partial charge is 0.0983 e. The van der Waals surface area contributed by atoms with E-state index in [2.05, 4.69) is 33.8 Å². The first kappa shape index (κ1) is 20.7. The van der Waals surface area contributed by atoms with Crippen LogP contribution in [0.1, 0.15) is 73.6 Å². The number of rotatable bonds is 4. The Kier molecular flexibility index (Phi) is 10.2. The normalized spacial score (nSPS) is 31.2. The minimum Gasteiger partial charge on any atom is -0.400 e. The fourth-order valence-corrected chi connectivity index (χ4v) is 3.39. The molecule has 2 rings (SSSR count). The highest BCUT2D eigenvalue weighted by Crippen LogP contribution is 2.50. The van der Waals surface area contributed by atoms with E-state index in [1.807, 2.05) is 13.8 Å². The SMILES string of the molecule is C/C(=C\CCC(C)C)C1CCC(C)CC12CO2.CC.CO. The molecule has 0 bridgehead atoms. The second-order valence-corrected chi connectivity index (χ2v) is 6.71. The Morgan fingerprint density at radius 2 is 1.86 bits per heavy atom. The van der Waals surface area contributed by atoms with Crippen molar-refractivity contribution in [1.82, 2.24) is 0 Å². The number of aliphatic hydroxyl groups excluding tert-OH is 1. The lowest BCUT2D eigenvalue weighted by Crippen LogP contribution is -2.32. The molecular weight excluding hydrogens is 260 g/mol. The minimum atomic E-state index is 0.260. The van der Waals surface area contributed by atoms with E-state index in [4.69, 9.17) is 9.84 Å². The van der Waals surface area contributed by atoms with Gasteiger partial charge in [0.25, 0.3) is 0 Å². The number of hydrogen-bond donors (Lipinski definition) is 1. The zero-order chi connectivity index (χ0) is 16.5. The quantitative estimate of drug-likeness (QED) is 0.571. The third-order valence-corrected chi connectivity index (χ3v) is 4.55. The Balaban J connectivity index is 0.000000921. The van der Waals surface area contributed by atoms with E-state index in [-0.39, 0.29) is 5.60 Å². The van der Waals surface area contributed by atoms with Crippen molar-refractivity contribution in [2.45, 2.75) is 79.2 Å². The maximum atomic E-state index is 7.00. The Labute approximate surface area is 133 Å². The lowest BCUT2D eigenvalue weighted by atomic mass is 9.71. The molecule has 2 fully saturated rings. The van der Waals surface area contributed by atoms with Crippen molar-refractivity contribution in [2.75, 3.05) is 13.7 Å². The van der Waals surface area contributed by atoms with E-state index in [0.717, 1.165) is 25.6 Å². The monoisotopic (exact) mass is 298 g/mol. The average Bonchev–Trinajstić information content (AvgIpc) is 3.22. The van der Waals surface area contributed by atoms with Gasteiger partial charge in [0.1, 0.15) is 0 Å². The van der Waals surface area contributed by atoms with Gasteiger partial charge in [-0.15, -0.1) is 0 Å². The second-order valence-electron chi connectivity index (χ2n) is 6.71. The Morgan fingerprint density at radius 3 is 2.33 bits per heavy atom. The van der Waals surface area contributed by atoms with Gasteiger partial charge in [-0.3, -0.25) is 0 Å². The first-order valence-corrected chi connectivity index (χ1v) is 8.79. The van der Waals surface area contributed by atoms with Crippen LogP contribution in [0.3, 0.4) is 0 Å². The van der Waals surface area contributed by atoms with Crippen LogP contribution in [-0.2, 0) is 4.74 Å². The molecule has 3 unspecified atom stereocenters. The molecule has 126 valence electrons. The third-order valence-electron chi connectivity index (χ3n) is 4.55. The molecule has 0 aromatic rings. The van der Waals surface area contributed by atoms with Gasteiger partial charge in [0.05, 0.1) is 12.2 Å². The van der Waals surface area contributed by atoms with Gasteiger partial charge in [-0.05, 0) is 50.9 Å². The summed E-state index contributed by atoms with van der Waals surface area (Å²) in [7, 11) is 1.00. The molecule has 2 nitrogen and oxygen atoms in total. The lowest BCUT2D eigenvalue weighted by molar-refractivity contribution is 0.148. The summed E-state index contributed by atoms with van der Waals surface area (Å²) in [4.78, 5) is 0. The van der Waals surface area contributed by atoms with E-state index in [0.29, 0.717) is 5.92 Å². The van der Waals surface area contributed by atoms with Crippen LogP contribution in [0.15, 0.2) is 11.6 Å². The van der Waals surface area contributed by atoms with Crippen LogP contribution in [0.5, 0.6) is 0 Å². The zero-order valence-electron chi connectivity index (χ0n) is 15.4. The van der Waals surface area contributed by atoms with E-state index in [1.165, 1.54) is 32.1 Å². The van der Waals surface area contributed by atoms with Crippen LogP contribution in [0.4, 0.5) is 0 Å². The lowest BCUT2D eigenvalue weighted by Gasteiger charge is -2.33.